The Morgan fingerprint density at radius 2 is 1.75 bits per heavy atom. The molecule has 10 nitrogen and oxygen atoms in total. The summed E-state index contributed by atoms with van der Waals surface area (Å²) in [7, 11) is 1.55. The van der Waals surface area contributed by atoms with Gasteiger partial charge in [-0.1, -0.05) is 66.2 Å². The van der Waals surface area contributed by atoms with Crippen LogP contribution in [0.1, 0.15) is 65.1 Å². The summed E-state index contributed by atoms with van der Waals surface area (Å²) in [6, 6.07) is 22.9. The van der Waals surface area contributed by atoms with E-state index in [2.05, 4.69) is 15.3 Å². The van der Waals surface area contributed by atoms with Crippen LogP contribution in [0.25, 0.3) is 22.3 Å². The first kappa shape index (κ1) is 29.3. The molecule has 226 valence electrons. The van der Waals surface area contributed by atoms with Gasteiger partial charge in [0, 0.05) is 17.7 Å². The zero-order chi connectivity index (χ0) is 30.6. The highest BCUT2D eigenvalue weighted by Gasteiger charge is 2.28. The number of nitrogen functional groups attached to an aromatic ring is 1. The second-order valence-electron chi connectivity index (χ2n) is 11.2. The van der Waals surface area contributed by atoms with Gasteiger partial charge in [0.1, 0.15) is 23.6 Å². The van der Waals surface area contributed by atoms with E-state index in [4.69, 9.17) is 20.3 Å². The van der Waals surface area contributed by atoms with Gasteiger partial charge in [-0.05, 0) is 50.3 Å². The fraction of sp³-hybridized carbons (Fsp3) is 0.294. The Bertz CT molecular complexity index is 1740. The van der Waals surface area contributed by atoms with E-state index in [9.17, 15) is 9.90 Å². The summed E-state index contributed by atoms with van der Waals surface area (Å²) in [5.41, 5.74) is 12.0. The van der Waals surface area contributed by atoms with Crippen LogP contribution in [-0.4, -0.2) is 44.0 Å². The monoisotopic (exact) mass is 592 g/mol. The van der Waals surface area contributed by atoms with Crippen molar-refractivity contribution in [3.63, 3.8) is 0 Å². The van der Waals surface area contributed by atoms with E-state index in [1.807, 2.05) is 72.3 Å². The summed E-state index contributed by atoms with van der Waals surface area (Å²) in [6.45, 7) is 2.38. The molecule has 0 spiro atoms. The molecule has 3 aromatic carbocycles. The van der Waals surface area contributed by atoms with Crippen LogP contribution in [0.4, 0.5) is 5.82 Å². The molecule has 2 heterocycles. The van der Waals surface area contributed by atoms with Gasteiger partial charge >= 0.3 is 0 Å². The number of carbonyl (C=O) groups excluding carboxylic acids is 1. The van der Waals surface area contributed by atoms with E-state index < -0.39 is 6.29 Å². The molecule has 0 saturated heterocycles. The van der Waals surface area contributed by atoms with Gasteiger partial charge in [-0.25, -0.2) is 14.6 Å². The lowest BCUT2D eigenvalue weighted by molar-refractivity contribution is -0.149. The van der Waals surface area contributed by atoms with Crippen molar-refractivity contribution in [3.8, 4) is 17.0 Å². The minimum absolute atomic E-state index is 0.0421. The van der Waals surface area contributed by atoms with E-state index in [1.54, 1.807) is 19.2 Å². The number of methoxy groups -OCH3 is 1. The van der Waals surface area contributed by atoms with Gasteiger partial charge in [-0.2, -0.15) is 5.10 Å². The second kappa shape index (κ2) is 12.8. The van der Waals surface area contributed by atoms with Gasteiger partial charge in [0.2, 0.25) is 0 Å². The molecule has 2 aromatic heterocycles. The van der Waals surface area contributed by atoms with Gasteiger partial charge in [-0.3, -0.25) is 4.79 Å². The molecule has 4 N–H and O–H groups in total. The van der Waals surface area contributed by atoms with Crippen molar-refractivity contribution in [2.24, 2.45) is 0 Å². The first-order valence-electron chi connectivity index (χ1n) is 14.8. The van der Waals surface area contributed by atoms with Crippen LogP contribution in [0.15, 0.2) is 79.1 Å². The van der Waals surface area contributed by atoms with Gasteiger partial charge < -0.3 is 25.6 Å². The number of aromatic nitrogens is 4. The highest BCUT2D eigenvalue weighted by atomic mass is 16.6. The molecule has 1 aliphatic rings. The van der Waals surface area contributed by atoms with Gasteiger partial charge in [0.15, 0.2) is 11.9 Å². The largest absolute Gasteiger partial charge is 0.496 e. The zero-order valence-electron chi connectivity index (χ0n) is 24.8. The second-order valence-corrected chi connectivity index (χ2v) is 11.2. The van der Waals surface area contributed by atoms with Crippen molar-refractivity contribution in [3.05, 3.63) is 101 Å². The minimum atomic E-state index is -0.945. The highest BCUT2D eigenvalue weighted by molar-refractivity contribution is 5.98. The Morgan fingerprint density at radius 3 is 2.48 bits per heavy atom. The Hall–Kier alpha value is -4.80. The molecule has 1 unspecified atom stereocenters. The number of hydrogen-bond acceptors (Lipinski definition) is 8. The molecular weight excluding hydrogens is 556 g/mol. The molecule has 10 heteroatoms. The first-order chi connectivity index (χ1) is 21.4. The Balaban J connectivity index is 1.15. The molecule has 1 saturated carbocycles. The zero-order valence-corrected chi connectivity index (χ0v) is 24.8. The number of aryl methyl sites for hydroxylation is 1. The maximum absolute atomic E-state index is 12.7. The van der Waals surface area contributed by atoms with Crippen molar-refractivity contribution >= 4 is 22.8 Å². The summed E-state index contributed by atoms with van der Waals surface area (Å²) >= 11 is 0. The molecule has 1 fully saturated rings. The smallest absolute Gasteiger partial charge is 0.255 e. The third-order valence-corrected chi connectivity index (χ3v) is 8.22. The maximum Gasteiger partial charge on any atom is 0.255 e. The van der Waals surface area contributed by atoms with Gasteiger partial charge in [-0.15, -0.1) is 0 Å². The number of nitrogens with zero attached hydrogens (tertiary/aromatic N) is 4. The Labute approximate surface area is 255 Å². The number of benzene rings is 3. The number of rotatable bonds is 9. The minimum Gasteiger partial charge on any atom is -0.496 e. The average molecular weight is 593 g/mol. The first-order valence-corrected chi connectivity index (χ1v) is 14.8. The van der Waals surface area contributed by atoms with Crippen molar-refractivity contribution in [1.82, 2.24) is 25.1 Å². The molecule has 0 aliphatic heterocycles. The summed E-state index contributed by atoms with van der Waals surface area (Å²) in [4.78, 5) is 21.5. The summed E-state index contributed by atoms with van der Waals surface area (Å²) < 4.78 is 13.3. The topological polar surface area (TPSA) is 137 Å². The maximum atomic E-state index is 12.7. The fourth-order valence-corrected chi connectivity index (χ4v) is 5.76. The number of hydrogen-bond donors (Lipinski definition) is 3. The lowest BCUT2D eigenvalue weighted by Crippen LogP contribution is -2.26. The van der Waals surface area contributed by atoms with Crippen LogP contribution in [-0.2, 0) is 11.3 Å². The molecule has 6 rings (SSSR count). The number of nitrogens with one attached hydrogen (secondary N) is 1. The van der Waals surface area contributed by atoms with Crippen molar-refractivity contribution in [2.75, 3.05) is 12.8 Å². The number of amides is 1. The average Bonchev–Trinajstić information content (AvgIpc) is 3.45. The molecule has 44 heavy (non-hydrogen) atoms. The molecule has 1 aliphatic carbocycles. The van der Waals surface area contributed by atoms with E-state index in [0.717, 1.165) is 59.0 Å². The molecule has 5 aromatic rings. The lowest BCUT2D eigenvalue weighted by Gasteiger charge is -2.30. The third kappa shape index (κ3) is 6.13. The van der Waals surface area contributed by atoms with E-state index >= 15 is 0 Å². The van der Waals surface area contributed by atoms with Crippen LogP contribution in [0.2, 0.25) is 0 Å². The van der Waals surface area contributed by atoms with Crippen molar-refractivity contribution in [1.29, 1.82) is 0 Å². The van der Waals surface area contributed by atoms with Crippen LogP contribution >= 0.6 is 0 Å². The number of ether oxygens (including phenoxy) is 2. The SMILES string of the molecule is COc1ccccc1C(=O)NCc1ccc(-c2nn(C3CCC(OC(O)c4ccc(C)cc4)CC3)c3ncnc(N)c23)cc1. The summed E-state index contributed by atoms with van der Waals surface area (Å²) in [5, 5.41) is 19.3. The summed E-state index contributed by atoms with van der Waals surface area (Å²) in [6.07, 6.45) is 3.73. The predicted molar refractivity (Wildman–Crippen MR) is 168 cm³/mol. The third-order valence-electron chi connectivity index (χ3n) is 8.22. The number of carbonyl (C=O) groups is 1. The van der Waals surface area contributed by atoms with Gasteiger partial charge in [0.05, 0.1) is 30.2 Å². The van der Waals surface area contributed by atoms with E-state index in [1.165, 1.54) is 6.33 Å². The van der Waals surface area contributed by atoms with Crippen LogP contribution in [0, 0.1) is 6.92 Å². The normalized spacial score (nSPS) is 17.3. The van der Waals surface area contributed by atoms with Crippen LogP contribution in [0.3, 0.4) is 0 Å². The number of para-hydroxylation sites is 1. The molecule has 1 amide bonds. The standard InChI is InChI=1S/C34H36N6O4/c1-21-7-11-24(12-8-21)34(42)44-26-17-15-25(16-18-26)40-32-29(31(35)37-20-38-32)30(39-40)23-13-9-22(10-14-23)19-36-33(41)27-5-3-4-6-28(27)43-2/h3-14,20,25-26,34,42H,15-19H2,1-2H3,(H,36,41)(H2,35,37,38). The Kier molecular flexibility index (Phi) is 8.53. The Morgan fingerprint density at radius 1 is 1.02 bits per heavy atom. The fourth-order valence-electron chi connectivity index (χ4n) is 5.76. The molecule has 0 bridgehead atoms. The number of anilines is 1. The lowest BCUT2D eigenvalue weighted by atomic mass is 9.93. The molecule has 0 radical (unpaired) electrons. The number of aliphatic hydroxyl groups excluding tert-OH is 1. The molecule has 1 atom stereocenters. The predicted octanol–water partition coefficient (Wildman–Crippen LogP) is 5.51. The van der Waals surface area contributed by atoms with Gasteiger partial charge in [0.25, 0.3) is 5.91 Å². The number of nitrogens with two attached hydrogens (primary N) is 1. The highest BCUT2D eigenvalue weighted by Crippen LogP contribution is 2.37. The quantitative estimate of drug-likeness (QED) is 0.191. The number of aliphatic hydroxyl groups is 1. The van der Waals surface area contributed by atoms with Crippen LogP contribution in [0.5, 0.6) is 5.75 Å². The van der Waals surface area contributed by atoms with Crippen LogP contribution < -0.4 is 15.8 Å². The molecular formula is C34H36N6O4. The number of fused-ring (bicyclic) bond motifs is 1. The van der Waals surface area contributed by atoms with Crippen molar-refractivity contribution < 1.29 is 19.4 Å². The van der Waals surface area contributed by atoms with E-state index in [0.29, 0.717) is 29.3 Å². The van der Waals surface area contributed by atoms with Crippen molar-refractivity contribution in [2.45, 2.75) is 57.6 Å². The van der Waals surface area contributed by atoms with E-state index in [-0.39, 0.29) is 18.1 Å². The summed E-state index contributed by atoms with van der Waals surface area (Å²) in [5.74, 6) is 0.706.